The number of carboxylic acid groups (broad SMARTS) is 1. The lowest BCUT2D eigenvalue weighted by Gasteiger charge is -2.26. The molecule has 2 rings (SSSR count). The molecule has 1 N–H and O–H groups in total. The van der Waals surface area contributed by atoms with Gasteiger partial charge in [0, 0.05) is 12.3 Å². The molecule has 1 fully saturated rings. The summed E-state index contributed by atoms with van der Waals surface area (Å²) in [4.78, 5) is 25.1. The number of sulfone groups is 1. The Labute approximate surface area is 129 Å². The minimum Gasteiger partial charge on any atom is -0.480 e. The molecule has 0 aliphatic heterocycles. The number of carbonyl (C=O) groups excluding carboxylic acids is 1. The van der Waals surface area contributed by atoms with Crippen LogP contribution in [0.25, 0.3) is 0 Å². The van der Waals surface area contributed by atoms with Crippen molar-refractivity contribution in [2.45, 2.75) is 43.2 Å². The van der Waals surface area contributed by atoms with Gasteiger partial charge < -0.3 is 10.0 Å². The first-order valence-electron chi connectivity index (χ1n) is 7.03. The van der Waals surface area contributed by atoms with Crippen LogP contribution in [-0.2, 0) is 25.8 Å². The first-order chi connectivity index (χ1) is 10.2. The zero-order valence-corrected chi connectivity index (χ0v) is 13.3. The topological polar surface area (TPSA) is 91.8 Å². The molecule has 1 saturated carbocycles. The SMILES string of the molecule is CC(C(=O)O)N(C(=O)Cc1ccccc1S(C)(=O)=O)C1CC1. The molecular formula is C15H19NO5S. The van der Waals surface area contributed by atoms with Gasteiger partial charge in [0.15, 0.2) is 9.84 Å². The van der Waals surface area contributed by atoms with Gasteiger partial charge in [-0.3, -0.25) is 4.79 Å². The van der Waals surface area contributed by atoms with Gasteiger partial charge in [-0.15, -0.1) is 0 Å². The van der Waals surface area contributed by atoms with Gasteiger partial charge in [-0.2, -0.15) is 0 Å². The second-order valence-electron chi connectivity index (χ2n) is 5.60. The van der Waals surface area contributed by atoms with Gasteiger partial charge in [-0.1, -0.05) is 18.2 Å². The summed E-state index contributed by atoms with van der Waals surface area (Å²) in [6.45, 7) is 1.47. The van der Waals surface area contributed by atoms with Crippen LogP contribution in [0.2, 0.25) is 0 Å². The molecule has 1 atom stereocenters. The molecule has 22 heavy (non-hydrogen) atoms. The van der Waals surface area contributed by atoms with Crippen molar-refractivity contribution in [3.05, 3.63) is 29.8 Å². The average Bonchev–Trinajstić information content (AvgIpc) is 3.22. The van der Waals surface area contributed by atoms with E-state index < -0.39 is 21.8 Å². The Morgan fingerprint density at radius 3 is 2.41 bits per heavy atom. The van der Waals surface area contributed by atoms with Gasteiger partial charge in [0.1, 0.15) is 6.04 Å². The summed E-state index contributed by atoms with van der Waals surface area (Å²) in [5.41, 5.74) is 0.401. The summed E-state index contributed by atoms with van der Waals surface area (Å²) in [7, 11) is -3.43. The standard InChI is InChI=1S/C15H19NO5S/c1-10(15(18)19)16(12-7-8-12)14(17)9-11-5-3-4-6-13(11)22(2,20)21/h3-6,10,12H,7-9H2,1-2H3,(H,18,19). The molecular weight excluding hydrogens is 306 g/mol. The van der Waals surface area contributed by atoms with Crippen LogP contribution in [0, 0.1) is 0 Å². The van der Waals surface area contributed by atoms with Crippen LogP contribution in [0.3, 0.4) is 0 Å². The Bertz CT molecular complexity index is 694. The zero-order chi connectivity index (χ0) is 16.5. The predicted molar refractivity (Wildman–Crippen MR) is 80.2 cm³/mol. The Hall–Kier alpha value is -1.89. The number of nitrogens with zero attached hydrogens (tertiary/aromatic N) is 1. The van der Waals surface area contributed by atoms with Crippen molar-refractivity contribution in [3.8, 4) is 0 Å². The highest BCUT2D eigenvalue weighted by Gasteiger charge is 2.38. The van der Waals surface area contributed by atoms with Crippen molar-refractivity contribution >= 4 is 21.7 Å². The first-order valence-corrected chi connectivity index (χ1v) is 8.93. The van der Waals surface area contributed by atoms with Crippen molar-refractivity contribution in [1.82, 2.24) is 4.90 Å². The molecule has 120 valence electrons. The van der Waals surface area contributed by atoms with E-state index in [1.165, 1.54) is 17.9 Å². The van der Waals surface area contributed by atoms with E-state index in [1.54, 1.807) is 18.2 Å². The number of carbonyl (C=O) groups is 2. The van der Waals surface area contributed by atoms with E-state index in [9.17, 15) is 18.0 Å². The fraction of sp³-hybridized carbons (Fsp3) is 0.467. The molecule has 1 aliphatic rings. The summed E-state index contributed by atoms with van der Waals surface area (Å²) < 4.78 is 23.5. The lowest BCUT2D eigenvalue weighted by molar-refractivity contribution is -0.149. The highest BCUT2D eigenvalue weighted by Crippen LogP contribution is 2.30. The molecule has 1 aliphatic carbocycles. The molecule has 0 bridgehead atoms. The normalized spacial score (nSPS) is 16.1. The summed E-state index contributed by atoms with van der Waals surface area (Å²) in [6.07, 6.45) is 2.56. The average molecular weight is 325 g/mol. The van der Waals surface area contributed by atoms with Gasteiger partial charge in [-0.25, -0.2) is 13.2 Å². The van der Waals surface area contributed by atoms with Gasteiger partial charge in [-0.05, 0) is 31.4 Å². The van der Waals surface area contributed by atoms with Gasteiger partial charge in [0.05, 0.1) is 11.3 Å². The number of hydrogen-bond acceptors (Lipinski definition) is 4. The van der Waals surface area contributed by atoms with Crippen LogP contribution in [-0.4, -0.2) is 48.6 Å². The molecule has 0 saturated heterocycles. The fourth-order valence-corrected chi connectivity index (χ4v) is 3.42. The molecule has 0 heterocycles. The van der Waals surface area contributed by atoms with E-state index in [0.29, 0.717) is 5.56 Å². The van der Waals surface area contributed by atoms with Crippen LogP contribution in [0.4, 0.5) is 0 Å². The third kappa shape index (κ3) is 3.65. The molecule has 1 aromatic rings. The second kappa shape index (κ2) is 6.08. The van der Waals surface area contributed by atoms with E-state index >= 15 is 0 Å². The molecule has 6 nitrogen and oxygen atoms in total. The monoisotopic (exact) mass is 325 g/mol. The lowest BCUT2D eigenvalue weighted by atomic mass is 10.1. The zero-order valence-electron chi connectivity index (χ0n) is 12.5. The largest absolute Gasteiger partial charge is 0.480 e. The van der Waals surface area contributed by atoms with Crippen LogP contribution in [0.5, 0.6) is 0 Å². The maximum Gasteiger partial charge on any atom is 0.326 e. The number of rotatable bonds is 6. The maximum atomic E-state index is 12.5. The van der Waals surface area contributed by atoms with Gasteiger partial charge >= 0.3 is 5.97 Å². The molecule has 7 heteroatoms. The van der Waals surface area contributed by atoms with Crippen molar-refractivity contribution in [3.63, 3.8) is 0 Å². The number of benzene rings is 1. The third-order valence-corrected chi connectivity index (χ3v) is 4.91. The molecule has 1 amide bonds. The Kier molecular flexibility index (Phi) is 4.55. The van der Waals surface area contributed by atoms with E-state index in [-0.39, 0.29) is 23.3 Å². The van der Waals surface area contributed by atoms with Gasteiger partial charge in [0.25, 0.3) is 0 Å². The summed E-state index contributed by atoms with van der Waals surface area (Å²) in [5.74, 6) is -1.41. The minimum atomic E-state index is -3.43. The maximum absolute atomic E-state index is 12.5. The van der Waals surface area contributed by atoms with E-state index in [0.717, 1.165) is 19.1 Å². The number of hydrogen-bond donors (Lipinski definition) is 1. The third-order valence-electron chi connectivity index (χ3n) is 3.72. The quantitative estimate of drug-likeness (QED) is 0.845. The number of amides is 1. The number of carboxylic acids is 1. The second-order valence-corrected chi connectivity index (χ2v) is 7.59. The number of aliphatic carboxylic acids is 1. The van der Waals surface area contributed by atoms with Crippen molar-refractivity contribution in [1.29, 1.82) is 0 Å². The predicted octanol–water partition coefficient (Wildman–Crippen LogP) is 1.10. The Balaban J connectivity index is 2.26. The van der Waals surface area contributed by atoms with Gasteiger partial charge in [0.2, 0.25) is 5.91 Å². The van der Waals surface area contributed by atoms with Crippen LogP contribution in [0.1, 0.15) is 25.3 Å². The molecule has 1 aromatic carbocycles. The van der Waals surface area contributed by atoms with E-state index in [2.05, 4.69) is 0 Å². The molecule has 0 radical (unpaired) electrons. The van der Waals surface area contributed by atoms with Crippen LogP contribution >= 0.6 is 0 Å². The van der Waals surface area contributed by atoms with E-state index in [1.807, 2.05) is 0 Å². The first kappa shape index (κ1) is 16.5. The Morgan fingerprint density at radius 2 is 1.91 bits per heavy atom. The molecule has 0 aromatic heterocycles. The summed E-state index contributed by atoms with van der Waals surface area (Å²) >= 11 is 0. The summed E-state index contributed by atoms with van der Waals surface area (Å²) in [5, 5.41) is 9.14. The van der Waals surface area contributed by atoms with E-state index in [4.69, 9.17) is 5.11 Å². The Morgan fingerprint density at radius 1 is 1.32 bits per heavy atom. The summed E-state index contributed by atoms with van der Waals surface area (Å²) in [6, 6.07) is 5.35. The highest BCUT2D eigenvalue weighted by atomic mass is 32.2. The highest BCUT2D eigenvalue weighted by molar-refractivity contribution is 7.90. The van der Waals surface area contributed by atoms with Crippen molar-refractivity contribution < 1.29 is 23.1 Å². The van der Waals surface area contributed by atoms with Crippen molar-refractivity contribution in [2.75, 3.05) is 6.26 Å². The fourth-order valence-electron chi connectivity index (χ4n) is 2.47. The minimum absolute atomic E-state index is 0.0519. The van der Waals surface area contributed by atoms with Crippen LogP contribution < -0.4 is 0 Å². The smallest absolute Gasteiger partial charge is 0.326 e. The van der Waals surface area contributed by atoms with Crippen LogP contribution in [0.15, 0.2) is 29.2 Å². The lowest BCUT2D eigenvalue weighted by Crippen LogP contribution is -2.45. The van der Waals surface area contributed by atoms with Crippen molar-refractivity contribution in [2.24, 2.45) is 0 Å². The molecule has 1 unspecified atom stereocenters. The molecule has 0 spiro atoms.